The van der Waals surface area contributed by atoms with E-state index in [1.54, 1.807) is 13.4 Å². The Morgan fingerprint density at radius 2 is 2.18 bits per heavy atom. The molecular weight excluding hydrogens is 214 g/mol. The van der Waals surface area contributed by atoms with Crippen molar-refractivity contribution in [2.24, 2.45) is 12.8 Å². The number of aromatic nitrogens is 2. The normalized spacial score (nSPS) is 10.6. The fraction of sp³-hybridized carbons (Fsp3) is 0.308. The first-order chi connectivity index (χ1) is 8.17. The van der Waals surface area contributed by atoms with Crippen molar-refractivity contribution in [3.05, 3.63) is 35.8 Å². The van der Waals surface area contributed by atoms with Gasteiger partial charge in [0, 0.05) is 19.2 Å². The number of rotatable bonds is 3. The molecule has 0 saturated carbocycles. The second-order valence-corrected chi connectivity index (χ2v) is 4.04. The van der Waals surface area contributed by atoms with E-state index in [0.29, 0.717) is 6.54 Å². The van der Waals surface area contributed by atoms with Crippen molar-refractivity contribution < 1.29 is 4.74 Å². The molecule has 0 bridgehead atoms. The highest BCUT2D eigenvalue weighted by molar-refractivity contribution is 5.64. The molecule has 1 aromatic heterocycles. The van der Waals surface area contributed by atoms with Crippen molar-refractivity contribution in [2.75, 3.05) is 7.11 Å². The van der Waals surface area contributed by atoms with Crippen LogP contribution in [0.2, 0.25) is 0 Å². The number of ether oxygens (including phenoxy) is 1. The molecule has 2 aromatic rings. The molecule has 0 amide bonds. The Kier molecular flexibility index (Phi) is 3.15. The molecule has 1 aromatic carbocycles. The van der Waals surface area contributed by atoms with Gasteiger partial charge in [0.1, 0.15) is 5.75 Å². The smallest absolute Gasteiger partial charge is 0.121 e. The summed E-state index contributed by atoms with van der Waals surface area (Å²) in [4.78, 5) is 4.29. The summed E-state index contributed by atoms with van der Waals surface area (Å²) in [5.74, 6) is 0.894. The fourth-order valence-electron chi connectivity index (χ4n) is 2.02. The van der Waals surface area contributed by atoms with Gasteiger partial charge in [-0.05, 0) is 30.7 Å². The first kappa shape index (κ1) is 11.7. The predicted octanol–water partition coefficient (Wildman–Crippen LogP) is 1.86. The molecule has 2 rings (SSSR count). The van der Waals surface area contributed by atoms with E-state index in [4.69, 9.17) is 10.5 Å². The number of methoxy groups -OCH3 is 1. The quantitative estimate of drug-likeness (QED) is 0.877. The monoisotopic (exact) mass is 231 g/mol. The zero-order valence-electron chi connectivity index (χ0n) is 10.4. The zero-order valence-corrected chi connectivity index (χ0v) is 10.4. The van der Waals surface area contributed by atoms with Crippen molar-refractivity contribution in [1.82, 2.24) is 9.55 Å². The fourth-order valence-corrected chi connectivity index (χ4v) is 2.02. The third-order valence-electron chi connectivity index (χ3n) is 2.87. The number of benzene rings is 1. The molecule has 0 saturated heterocycles. The molecule has 1 heterocycles. The molecule has 0 aliphatic carbocycles. The summed E-state index contributed by atoms with van der Waals surface area (Å²) in [6.45, 7) is 2.47. The summed E-state index contributed by atoms with van der Waals surface area (Å²) in [6, 6.07) is 6.09. The minimum atomic E-state index is 0.446. The van der Waals surface area contributed by atoms with E-state index in [1.807, 2.05) is 30.7 Å². The molecule has 90 valence electrons. The van der Waals surface area contributed by atoms with Crippen molar-refractivity contribution >= 4 is 0 Å². The number of nitrogens with zero attached hydrogens (tertiary/aromatic N) is 2. The molecule has 4 nitrogen and oxygen atoms in total. The largest absolute Gasteiger partial charge is 0.496 e. The Bertz CT molecular complexity index is 531. The van der Waals surface area contributed by atoms with Crippen LogP contribution in [0.3, 0.4) is 0 Å². The van der Waals surface area contributed by atoms with Gasteiger partial charge < -0.3 is 15.0 Å². The van der Waals surface area contributed by atoms with E-state index in [1.165, 1.54) is 0 Å². The van der Waals surface area contributed by atoms with Gasteiger partial charge in [0.05, 0.1) is 24.8 Å². The Hall–Kier alpha value is -1.81. The molecule has 0 aliphatic rings. The number of aryl methyl sites for hydroxylation is 2. The maximum atomic E-state index is 5.69. The van der Waals surface area contributed by atoms with Crippen LogP contribution in [0.5, 0.6) is 5.75 Å². The molecule has 0 unspecified atom stereocenters. The van der Waals surface area contributed by atoms with E-state index in [-0.39, 0.29) is 0 Å². The van der Waals surface area contributed by atoms with Crippen LogP contribution in [0, 0.1) is 6.92 Å². The zero-order chi connectivity index (χ0) is 12.4. The maximum absolute atomic E-state index is 5.69. The lowest BCUT2D eigenvalue weighted by Gasteiger charge is -2.09. The Morgan fingerprint density at radius 3 is 2.76 bits per heavy atom. The van der Waals surface area contributed by atoms with Gasteiger partial charge in [0.15, 0.2) is 0 Å². The third-order valence-corrected chi connectivity index (χ3v) is 2.87. The lowest BCUT2D eigenvalue weighted by molar-refractivity contribution is 0.412. The average molecular weight is 231 g/mol. The van der Waals surface area contributed by atoms with E-state index in [2.05, 4.69) is 11.1 Å². The van der Waals surface area contributed by atoms with E-state index in [0.717, 1.165) is 28.3 Å². The van der Waals surface area contributed by atoms with Crippen LogP contribution >= 0.6 is 0 Å². The lowest BCUT2D eigenvalue weighted by atomic mass is 10.1. The molecule has 4 heteroatoms. The van der Waals surface area contributed by atoms with Gasteiger partial charge in [-0.1, -0.05) is 0 Å². The number of hydrogen-bond donors (Lipinski definition) is 1. The molecule has 17 heavy (non-hydrogen) atoms. The highest BCUT2D eigenvalue weighted by Gasteiger charge is 2.11. The highest BCUT2D eigenvalue weighted by atomic mass is 16.5. The van der Waals surface area contributed by atoms with Crippen LogP contribution in [-0.4, -0.2) is 16.7 Å². The van der Waals surface area contributed by atoms with Crippen LogP contribution in [0.25, 0.3) is 11.3 Å². The highest BCUT2D eigenvalue weighted by Crippen LogP contribution is 2.27. The molecule has 0 spiro atoms. The van der Waals surface area contributed by atoms with E-state index < -0.39 is 0 Å². The van der Waals surface area contributed by atoms with Gasteiger partial charge in [-0.25, -0.2) is 4.98 Å². The number of hydrogen-bond acceptors (Lipinski definition) is 3. The van der Waals surface area contributed by atoms with Gasteiger partial charge in [0.2, 0.25) is 0 Å². The van der Waals surface area contributed by atoms with Gasteiger partial charge in [-0.2, -0.15) is 0 Å². The summed E-state index contributed by atoms with van der Waals surface area (Å²) in [7, 11) is 3.65. The van der Waals surface area contributed by atoms with Crippen molar-refractivity contribution in [1.29, 1.82) is 0 Å². The third kappa shape index (κ3) is 2.03. The van der Waals surface area contributed by atoms with Crippen LogP contribution in [-0.2, 0) is 13.6 Å². The molecule has 0 fully saturated rings. The lowest BCUT2D eigenvalue weighted by Crippen LogP contribution is -2.01. The number of nitrogens with two attached hydrogens (primary N) is 1. The standard InChI is InChI=1S/C13H17N3O/c1-9-6-10(4-5-12(9)17-3)13-11(7-14)15-8-16(13)2/h4-6,8H,7,14H2,1-3H3. The topological polar surface area (TPSA) is 53.1 Å². The van der Waals surface area contributed by atoms with Crippen LogP contribution in [0.1, 0.15) is 11.3 Å². The summed E-state index contributed by atoms with van der Waals surface area (Å²) in [5, 5.41) is 0. The SMILES string of the molecule is COc1ccc(-c2c(CN)ncn2C)cc1C. The molecule has 2 N–H and O–H groups in total. The minimum Gasteiger partial charge on any atom is -0.496 e. The predicted molar refractivity (Wildman–Crippen MR) is 67.8 cm³/mol. The first-order valence-electron chi connectivity index (χ1n) is 5.52. The van der Waals surface area contributed by atoms with Crippen molar-refractivity contribution in [2.45, 2.75) is 13.5 Å². The average Bonchev–Trinajstić information content (AvgIpc) is 2.70. The maximum Gasteiger partial charge on any atom is 0.121 e. The molecule has 0 atom stereocenters. The first-order valence-corrected chi connectivity index (χ1v) is 5.52. The van der Waals surface area contributed by atoms with E-state index in [9.17, 15) is 0 Å². The summed E-state index contributed by atoms with van der Waals surface area (Å²) in [6.07, 6.45) is 1.79. The summed E-state index contributed by atoms with van der Waals surface area (Å²) in [5.41, 5.74) is 9.90. The van der Waals surface area contributed by atoms with Gasteiger partial charge >= 0.3 is 0 Å². The van der Waals surface area contributed by atoms with Gasteiger partial charge in [-0.15, -0.1) is 0 Å². The van der Waals surface area contributed by atoms with Crippen molar-refractivity contribution in [3.63, 3.8) is 0 Å². The molecule has 0 radical (unpaired) electrons. The van der Waals surface area contributed by atoms with Gasteiger partial charge in [-0.3, -0.25) is 0 Å². The molecular formula is C13H17N3O. The Morgan fingerprint density at radius 1 is 1.41 bits per heavy atom. The Balaban J connectivity index is 2.53. The van der Waals surface area contributed by atoms with Crippen LogP contribution < -0.4 is 10.5 Å². The molecule has 0 aliphatic heterocycles. The minimum absolute atomic E-state index is 0.446. The second kappa shape index (κ2) is 4.59. The summed E-state index contributed by atoms with van der Waals surface area (Å²) >= 11 is 0. The Labute approximate surface area is 101 Å². The van der Waals surface area contributed by atoms with Gasteiger partial charge in [0.25, 0.3) is 0 Å². The van der Waals surface area contributed by atoms with Crippen molar-refractivity contribution in [3.8, 4) is 17.0 Å². The summed E-state index contributed by atoms with van der Waals surface area (Å²) < 4.78 is 7.25. The van der Waals surface area contributed by atoms with Crippen LogP contribution in [0.15, 0.2) is 24.5 Å². The van der Waals surface area contributed by atoms with E-state index >= 15 is 0 Å². The van der Waals surface area contributed by atoms with Crippen LogP contribution in [0.4, 0.5) is 0 Å². The number of imidazole rings is 1. The second-order valence-electron chi connectivity index (χ2n) is 4.04.